The van der Waals surface area contributed by atoms with E-state index in [1.807, 2.05) is 28.8 Å². The lowest BCUT2D eigenvalue weighted by atomic mass is 10.2. The highest BCUT2D eigenvalue weighted by Gasteiger charge is 2.31. The number of carbonyl (C=O) groups is 1. The molecule has 0 unspecified atom stereocenters. The first-order valence-electron chi connectivity index (χ1n) is 11.4. The highest BCUT2D eigenvalue weighted by Crippen LogP contribution is 2.41. The molecule has 1 saturated carbocycles. The molecule has 0 spiro atoms. The molecule has 1 N–H and O–H groups in total. The van der Waals surface area contributed by atoms with Gasteiger partial charge in [-0.2, -0.15) is 0 Å². The Morgan fingerprint density at radius 2 is 2.00 bits per heavy atom. The van der Waals surface area contributed by atoms with E-state index in [4.69, 9.17) is 0 Å². The molecule has 0 bridgehead atoms. The van der Waals surface area contributed by atoms with Gasteiger partial charge in [0.25, 0.3) is 5.56 Å². The molecule has 5 rings (SSSR count). The van der Waals surface area contributed by atoms with Crippen LogP contribution in [0.3, 0.4) is 0 Å². The molecular formula is C23H26N8O3S. The molecule has 4 aromatic rings. The number of aromatic nitrogens is 7. The molecule has 1 fully saturated rings. The topological polar surface area (TPSA) is 122 Å². The van der Waals surface area contributed by atoms with Gasteiger partial charge in [-0.05, 0) is 37.5 Å². The van der Waals surface area contributed by atoms with Gasteiger partial charge in [0.15, 0.2) is 16.3 Å². The number of thioether (sulfide) groups is 1. The minimum atomic E-state index is -0.375. The summed E-state index contributed by atoms with van der Waals surface area (Å²) in [6, 6.07) is 7.61. The van der Waals surface area contributed by atoms with Crippen molar-refractivity contribution >= 4 is 34.5 Å². The van der Waals surface area contributed by atoms with Crippen molar-refractivity contribution in [1.29, 1.82) is 0 Å². The van der Waals surface area contributed by atoms with Gasteiger partial charge >= 0.3 is 5.69 Å². The third-order valence-corrected chi connectivity index (χ3v) is 7.00. The quantitative estimate of drug-likeness (QED) is 0.294. The maximum absolute atomic E-state index is 12.9. The fourth-order valence-electron chi connectivity index (χ4n) is 4.13. The number of amides is 1. The predicted molar refractivity (Wildman–Crippen MR) is 133 cm³/mol. The normalized spacial score (nSPS) is 13.5. The van der Waals surface area contributed by atoms with Crippen molar-refractivity contribution < 1.29 is 4.79 Å². The fourth-order valence-corrected chi connectivity index (χ4v) is 5.01. The second kappa shape index (κ2) is 9.17. The molecular weight excluding hydrogens is 468 g/mol. The largest absolute Gasteiger partial charge is 0.332 e. The first-order chi connectivity index (χ1) is 16.8. The number of rotatable bonds is 8. The number of imidazole rings is 1. The number of hydrogen-bond acceptors (Lipinski definition) is 7. The van der Waals surface area contributed by atoms with Gasteiger partial charge in [-0.15, -0.1) is 10.2 Å². The van der Waals surface area contributed by atoms with Crippen LogP contribution in [0.15, 0.2) is 45.3 Å². The molecule has 0 atom stereocenters. The molecule has 0 radical (unpaired) electrons. The van der Waals surface area contributed by atoms with Crippen LogP contribution in [0, 0.1) is 0 Å². The zero-order valence-corrected chi connectivity index (χ0v) is 20.6. The van der Waals surface area contributed by atoms with Crippen LogP contribution in [0.2, 0.25) is 0 Å². The second-order valence-electron chi connectivity index (χ2n) is 8.71. The Morgan fingerprint density at radius 1 is 1.20 bits per heavy atom. The Kier molecular flexibility index (Phi) is 6.05. The number of aryl methyl sites for hydroxylation is 2. The molecule has 12 heteroatoms. The van der Waals surface area contributed by atoms with Crippen molar-refractivity contribution in [3.05, 3.63) is 57.3 Å². The SMILES string of the molecule is CC(=O)Nc1cccc(-n2c(SCCCn3c(=O)c4c(ncn4C)n(C)c3=O)nnc2C2CC2)c1. The summed E-state index contributed by atoms with van der Waals surface area (Å²) < 4.78 is 6.35. The number of carbonyl (C=O) groups excluding carboxylic acids is 1. The molecule has 3 aromatic heterocycles. The van der Waals surface area contributed by atoms with E-state index >= 15 is 0 Å². The van der Waals surface area contributed by atoms with Crippen LogP contribution in [0.25, 0.3) is 16.9 Å². The number of nitrogens with zero attached hydrogens (tertiary/aromatic N) is 7. The molecule has 35 heavy (non-hydrogen) atoms. The van der Waals surface area contributed by atoms with E-state index in [1.165, 1.54) is 34.1 Å². The van der Waals surface area contributed by atoms with Gasteiger partial charge in [-0.25, -0.2) is 9.78 Å². The van der Waals surface area contributed by atoms with Crippen molar-refractivity contribution in [2.45, 2.75) is 43.8 Å². The molecule has 0 saturated heterocycles. The molecule has 1 amide bonds. The summed E-state index contributed by atoms with van der Waals surface area (Å²) in [6.07, 6.45) is 4.30. The van der Waals surface area contributed by atoms with E-state index in [0.29, 0.717) is 41.5 Å². The Balaban J connectivity index is 1.36. The first-order valence-corrected chi connectivity index (χ1v) is 12.4. The van der Waals surface area contributed by atoms with Crippen LogP contribution in [0.4, 0.5) is 5.69 Å². The van der Waals surface area contributed by atoms with Crippen molar-refractivity contribution in [3.8, 4) is 5.69 Å². The van der Waals surface area contributed by atoms with Gasteiger partial charge in [0.05, 0.1) is 12.0 Å². The maximum atomic E-state index is 12.9. The van der Waals surface area contributed by atoms with Gasteiger partial charge < -0.3 is 9.88 Å². The van der Waals surface area contributed by atoms with Crippen LogP contribution < -0.4 is 16.6 Å². The summed E-state index contributed by atoms with van der Waals surface area (Å²) in [4.78, 5) is 41.3. The standard InChI is InChI=1S/C23H26N8O3S/c1-14(32)25-16-6-4-7-17(12-16)31-19(15-8-9-15)26-27-22(31)35-11-5-10-30-21(33)18-20(24-13-28(18)2)29(3)23(30)34/h4,6-7,12-13,15H,5,8-11H2,1-3H3,(H,25,32). The van der Waals surface area contributed by atoms with Crippen molar-refractivity contribution in [1.82, 2.24) is 33.4 Å². The minimum Gasteiger partial charge on any atom is -0.328 e. The van der Waals surface area contributed by atoms with E-state index in [1.54, 1.807) is 18.7 Å². The van der Waals surface area contributed by atoms with E-state index in [9.17, 15) is 14.4 Å². The Morgan fingerprint density at radius 3 is 2.74 bits per heavy atom. The van der Waals surface area contributed by atoms with Crippen LogP contribution in [-0.2, 0) is 25.4 Å². The lowest BCUT2D eigenvalue weighted by molar-refractivity contribution is -0.114. The zero-order chi connectivity index (χ0) is 24.7. The zero-order valence-electron chi connectivity index (χ0n) is 19.8. The third-order valence-electron chi connectivity index (χ3n) is 5.98. The molecule has 182 valence electrons. The average molecular weight is 495 g/mol. The summed E-state index contributed by atoms with van der Waals surface area (Å²) in [7, 11) is 3.37. The minimum absolute atomic E-state index is 0.131. The van der Waals surface area contributed by atoms with Gasteiger partial charge in [-0.3, -0.25) is 23.3 Å². The number of hydrogen-bond donors (Lipinski definition) is 1. The lowest BCUT2D eigenvalue weighted by Crippen LogP contribution is -2.39. The average Bonchev–Trinajstić information content (AvgIpc) is 3.46. The summed E-state index contributed by atoms with van der Waals surface area (Å²) in [5.41, 5.74) is 1.68. The van der Waals surface area contributed by atoms with Crippen molar-refractivity contribution in [2.75, 3.05) is 11.1 Å². The highest BCUT2D eigenvalue weighted by atomic mass is 32.2. The van der Waals surface area contributed by atoms with Gasteiger partial charge in [0.2, 0.25) is 5.91 Å². The summed E-state index contributed by atoms with van der Waals surface area (Å²) >= 11 is 1.53. The Labute approximate surface area is 204 Å². The predicted octanol–water partition coefficient (Wildman–Crippen LogP) is 2.03. The monoisotopic (exact) mass is 494 g/mol. The molecule has 1 aliphatic carbocycles. The van der Waals surface area contributed by atoms with E-state index in [0.717, 1.165) is 29.5 Å². The summed E-state index contributed by atoms with van der Waals surface area (Å²) in [6.45, 7) is 1.77. The lowest BCUT2D eigenvalue weighted by Gasteiger charge is -2.12. The van der Waals surface area contributed by atoms with Gasteiger partial charge in [-0.1, -0.05) is 17.8 Å². The maximum Gasteiger partial charge on any atom is 0.332 e. The van der Waals surface area contributed by atoms with Crippen LogP contribution in [0.1, 0.15) is 37.9 Å². The van der Waals surface area contributed by atoms with Crippen molar-refractivity contribution in [3.63, 3.8) is 0 Å². The fraction of sp³-hybridized carbons (Fsp3) is 0.391. The van der Waals surface area contributed by atoms with Crippen LogP contribution >= 0.6 is 11.8 Å². The third kappa shape index (κ3) is 4.41. The molecule has 11 nitrogen and oxygen atoms in total. The van der Waals surface area contributed by atoms with E-state index in [2.05, 4.69) is 20.5 Å². The number of fused-ring (bicyclic) bond motifs is 1. The number of benzene rings is 1. The van der Waals surface area contributed by atoms with Crippen LogP contribution in [-0.4, -0.2) is 45.1 Å². The van der Waals surface area contributed by atoms with Gasteiger partial charge in [0.1, 0.15) is 5.82 Å². The second-order valence-corrected chi connectivity index (χ2v) is 9.77. The molecule has 1 aliphatic rings. The van der Waals surface area contributed by atoms with E-state index in [-0.39, 0.29) is 17.2 Å². The van der Waals surface area contributed by atoms with Crippen molar-refractivity contribution in [2.24, 2.45) is 14.1 Å². The summed E-state index contributed by atoms with van der Waals surface area (Å²) in [5, 5.41) is 12.4. The molecule has 0 aliphatic heterocycles. The van der Waals surface area contributed by atoms with E-state index < -0.39 is 0 Å². The Bertz CT molecular complexity index is 1540. The number of anilines is 1. The first kappa shape index (κ1) is 23.1. The molecule has 3 heterocycles. The smallest absolute Gasteiger partial charge is 0.328 e. The van der Waals surface area contributed by atoms with Gasteiger partial charge in [0, 0.05) is 44.9 Å². The van der Waals surface area contributed by atoms with Crippen LogP contribution in [0.5, 0.6) is 0 Å². The number of nitrogens with one attached hydrogen (secondary N) is 1. The Hall–Kier alpha value is -3.67. The molecule has 1 aromatic carbocycles. The summed E-state index contributed by atoms with van der Waals surface area (Å²) in [5.74, 6) is 1.81. The highest BCUT2D eigenvalue weighted by molar-refractivity contribution is 7.99.